The summed E-state index contributed by atoms with van der Waals surface area (Å²) in [4.78, 5) is 8.70. The van der Waals surface area contributed by atoms with Gasteiger partial charge < -0.3 is 10.1 Å². The first kappa shape index (κ1) is 17.2. The molecule has 130 valence electrons. The second kappa shape index (κ2) is 6.68. The van der Waals surface area contributed by atoms with Crippen LogP contribution in [0.4, 0.5) is 5.82 Å². The van der Waals surface area contributed by atoms with E-state index in [2.05, 4.69) is 15.3 Å². The van der Waals surface area contributed by atoms with E-state index < -0.39 is 9.84 Å². The molecule has 1 aromatic heterocycles. The number of nitrogens with zero attached hydrogens (tertiary/aromatic N) is 2. The van der Waals surface area contributed by atoms with Gasteiger partial charge in [-0.25, -0.2) is 18.4 Å². The largest absolute Gasteiger partial charge is 0.496 e. The summed E-state index contributed by atoms with van der Waals surface area (Å²) in [5.74, 6) is 1.42. The molecule has 0 spiro atoms. The van der Waals surface area contributed by atoms with Crippen molar-refractivity contribution in [1.82, 2.24) is 9.97 Å². The van der Waals surface area contributed by atoms with Crippen molar-refractivity contribution in [3.8, 4) is 5.75 Å². The maximum Gasteiger partial charge on any atom is 0.175 e. The minimum atomic E-state index is -3.29. The smallest absolute Gasteiger partial charge is 0.175 e. The van der Waals surface area contributed by atoms with E-state index in [0.29, 0.717) is 23.3 Å². The molecule has 0 radical (unpaired) electrons. The molecule has 25 heavy (non-hydrogen) atoms. The number of anilines is 1. The molecule has 0 saturated carbocycles. The van der Waals surface area contributed by atoms with Crippen LogP contribution in [0.5, 0.6) is 5.75 Å². The molecule has 0 atom stereocenters. The highest BCUT2D eigenvalue weighted by Crippen LogP contribution is 2.24. The number of rotatable bonds is 5. The SMILES string of the molecule is COc1cc(CNc2ncnc3ccc(S(C)(=O)=O)cc23)ccc1C. The van der Waals surface area contributed by atoms with Gasteiger partial charge in [0.1, 0.15) is 17.9 Å². The van der Waals surface area contributed by atoms with Gasteiger partial charge >= 0.3 is 0 Å². The fourth-order valence-corrected chi connectivity index (χ4v) is 3.21. The second-order valence-corrected chi connectivity index (χ2v) is 7.85. The van der Waals surface area contributed by atoms with Gasteiger partial charge in [0, 0.05) is 18.2 Å². The lowest BCUT2D eigenvalue weighted by Gasteiger charge is -2.11. The predicted octanol–water partition coefficient (Wildman–Crippen LogP) is 2.96. The van der Waals surface area contributed by atoms with Crippen molar-refractivity contribution in [2.24, 2.45) is 0 Å². The Bertz CT molecular complexity index is 1030. The lowest BCUT2D eigenvalue weighted by Crippen LogP contribution is -2.04. The molecule has 0 unspecified atom stereocenters. The van der Waals surface area contributed by atoms with Gasteiger partial charge in [0.05, 0.1) is 17.5 Å². The number of aryl methyl sites for hydroxylation is 1. The Labute approximate surface area is 146 Å². The molecular weight excluding hydrogens is 338 g/mol. The zero-order chi connectivity index (χ0) is 18.0. The number of hydrogen-bond donors (Lipinski definition) is 1. The standard InChI is InChI=1S/C18H19N3O3S/c1-12-4-5-13(8-17(12)24-2)10-19-18-15-9-14(25(3,22)23)6-7-16(15)20-11-21-18/h4-9,11H,10H2,1-3H3,(H,19,20,21). The Morgan fingerprint density at radius 1 is 1.12 bits per heavy atom. The first-order chi connectivity index (χ1) is 11.9. The summed E-state index contributed by atoms with van der Waals surface area (Å²) in [6.07, 6.45) is 2.64. The van der Waals surface area contributed by atoms with Gasteiger partial charge in [0.15, 0.2) is 9.84 Å². The van der Waals surface area contributed by atoms with E-state index >= 15 is 0 Å². The summed E-state index contributed by atoms with van der Waals surface area (Å²) in [5.41, 5.74) is 2.79. The molecule has 0 aliphatic carbocycles. The average Bonchev–Trinajstić information content (AvgIpc) is 2.59. The zero-order valence-electron chi connectivity index (χ0n) is 14.3. The number of nitrogens with one attached hydrogen (secondary N) is 1. The van der Waals surface area contributed by atoms with Crippen molar-refractivity contribution in [2.45, 2.75) is 18.4 Å². The van der Waals surface area contributed by atoms with Crippen molar-refractivity contribution in [3.05, 3.63) is 53.9 Å². The normalized spacial score (nSPS) is 11.5. The Balaban J connectivity index is 1.93. The Morgan fingerprint density at radius 3 is 2.64 bits per heavy atom. The molecule has 2 aromatic carbocycles. The number of benzene rings is 2. The van der Waals surface area contributed by atoms with Crippen molar-refractivity contribution < 1.29 is 13.2 Å². The summed E-state index contributed by atoms with van der Waals surface area (Å²) in [6, 6.07) is 10.8. The molecule has 0 saturated heterocycles. The molecule has 0 aliphatic rings. The molecule has 3 aromatic rings. The first-order valence-electron chi connectivity index (χ1n) is 7.70. The van der Waals surface area contributed by atoms with E-state index in [1.807, 2.05) is 25.1 Å². The third-order valence-corrected chi connectivity index (χ3v) is 5.08. The van der Waals surface area contributed by atoms with Crippen molar-refractivity contribution >= 4 is 26.6 Å². The lowest BCUT2D eigenvalue weighted by molar-refractivity contribution is 0.411. The average molecular weight is 357 g/mol. The minimum absolute atomic E-state index is 0.245. The maximum absolute atomic E-state index is 11.8. The monoisotopic (exact) mass is 357 g/mol. The summed E-state index contributed by atoms with van der Waals surface area (Å²) < 4.78 is 28.9. The highest BCUT2D eigenvalue weighted by Gasteiger charge is 2.11. The van der Waals surface area contributed by atoms with Gasteiger partial charge in [0.25, 0.3) is 0 Å². The molecule has 3 rings (SSSR count). The fraction of sp³-hybridized carbons (Fsp3) is 0.222. The number of methoxy groups -OCH3 is 1. The van der Waals surface area contributed by atoms with Gasteiger partial charge in [-0.2, -0.15) is 0 Å². The number of sulfone groups is 1. The Morgan fingerprint density at radius 2 is 1.92 bits per heavy atom. The first-order valence-corrected chi connectivity index (χ1v) is 9.60. The van der Waals surface area contributed by atoms with Crippen LogP contribution in [-0.2, 0) is 16.4 Å². The molecule has 7 heteroatoms. The predicted molar refractivity (Wildman–Crippen MR) is 97.7 cm³/mol. The molecular formula is C18H19N3O3S. The van der Waals surface area contributed by atoms with Crippen LogP contribution in [0.15, 0.2) is 47.6 Å². The van der Waals surface area contributed by atoms with Crippen molar-refractivity contribution in [2.75, 3.05) is 18.7 Å². The van der Waals surface area contributed by atoms with E-state index in [-0.39, 0.29) is 4.90 Å². The summed E-state index contributed by atoms with van der Waals surface area (Å²) in [7, 11) is -1.65. The van der Waals surface area contributed by atoms with Crippen LogP contribution < -0.4 is 10.1 Å². The van der Waals surface area contributed by atoms with E-state index in [1.165, 1.54) is 12.6 Å². The molecule has 0 bridgehead atoms. The van der Waals surface area contributed by atoms with E-state index in [0.717, 1.165) is 16.9 Å². The van der Waals surface area contributed by atoms with E-state index in [4.69, 9.17) is 4.74 Å². The summed E-state index contributed by atoms with van der Waals surface area (Å²) in [5, 5.41) is 3.92. The van der Waals surface area contributed by atoms with Crippen LogP contribution in [0.25, 0.3) is 10.9 Å². The topological polar surface area (TPSA) is 81.2 Å². The molecule has 6 nitrogen and oxygen atoms in total. The van der Waals surface area contributed by atoms with Crippen molar-refractivity contribution in [3.63, 3.8) is 0 Å². The van der Waals surface area contributed by atoms with Gasteiger partial charge in [-0.15, -0.1) is 0 Å². The molecule has 0 amide bonds. The Hall–Kier alpha value is -2.67. The molecule has 1 N–H and O–H groups in total. The summed E-state index contributed by atoms with van der Waals surface area (Å²) >= 11 is 0. The number of aromatic nitrogens is 2. The molecule has 1 heterocycles. The second-order valence-electron chi connectivity index (χ2n) is 5.83. The zero-order valence-corrected chi connectivity index (χ0v) is 15.1. The van der Waals surface area contributed by atoms with E-state index in [1.54, 1.807) is 25.3 Å². The van der Waals surface area contributed by atoms with Crippen LogP contribution in [0.3, 0.4) is 0 Å². The third-order valence-electron chi connectivity index (χ3n) is 3.97. The van der Waals surface area contributed by atoms with Crippen LogP contribution in [0.1, 0.15) is 11.1 Å². The van der Waals surface area contributed by atoms with Crippen LogP contribution >= 0.6 is 0 Å². The quantitative estimate of drug-likeness (QED) is 0.756. The highest BCUT2D eigenvalue weighted by atomic mass is 32.2. The number of fused-ring (bicyclic) bond motifs is 1. The minimum Gasteiger partial charge on any atom is -0.496 e. The number of hydrogen-bond acceptors (Lipinski definition) is 6. The third kappa shape index (κ3) is 3.71. The lowest BCUT2D eigenvalue weighted by atomic mass is 10.1. The van der Waals surface area contributed by atoms with Crippen LogP contribution in [0, 0.1) is 6.92 Å². The Kier molecular flexibility index (Phi) is 4.59. The summed E-state index contributed by atoms with van der Waals surface area (Å²) in [6.45, 7) is 2.52. The highest BCUT2D eigenvalue weighted by molar-refractivity contribution is 7.90. The van der Waals surface area contributed by atoms with Gasteiger partial charge in [-0.1, -0.05) is 12.1 Å². The van der Waals surface area contributed by atoms with Gasteiger partial charge in [0.2, 0.25) is 0 Å². The fourth-order valence-electron chi connectivity index (χ4n) is 2.57. The maximum atomic E-state index is 11.8. The van der Waals surface area contributed by atoms with Crippen LogP contribution in [-0.4, -0.2) is 31.8 Å². The molecule has 0 fully saturated rings. The van der Waals surface area contributed by atoms with Crippen LogP contribution in [0.2, 0.25) is 0 Å². The van der Waals surface area contributed by atoms with Crippen molar-refractivity contribution in [1.29, 1.82) is 0 Å². The number of ether oxygens (including phenoxy) is 1. The molecule has 0 aliphatic heterocycles. The van der Waals surface area contributed by atoms with Gasteiger partial charge in [-0.3, -0.25) is 0 Å². The van der Waals surface area contributed by atoms with Gasteiger partial charge in [-0.05, 0) is 42.3 Å². The van der Waals surface area contributed by atoms with E-state index in [9.17, 15) is 8.42 Å².